The molecule has 30 heavy (non-hydrogen) atoms. The van der Waals surface area contributed by atoms with Crippen molar-refractivity contribution in [3.63, 3.8) is 0 Å². The molecule has 1 aromatic carbocycles. The van der Waals surface area contributed by atoms with Gasteiger partial charge in [-0.1, -0.05) is 13.8 Å². The lowest BCUT2D eigenvalue weighted by Crippen LogP contribution is -2.43. The predicted molar refractivity (Wildman–Crippen MR) is 112 cm³/mol. The molecule has 1 aliphatic rings. The van der Waals surface area contributed by atoms with Crippen LogP contribution in [-0.4, -0.2) is 90.2 Å². The minimum absolute atomic E-state index is 0.0227. The standard InChI is InChI=1S/C18H29N3O7S2/c1-4-20(5-2)30(25,26)15-6-7-17(27-3)16(14-15)18(22)19-8-13-29(23,24)21-9-11-28-12-10-21/h6-7,14H,4-5,8-13H2,1-3H3,(H,19,22). The molecule has 0 saturated carbocycles. The minimum atomic E-state index is -3.76. The quantitative estimate of drug-likeness (QED) is 0.523. The van der Waals surface area contributed by atoms with Crippen LogP contribution in [0.1, 0.15) is 24.2 Å². The first-order valence-electron chi connectivity index (χ1n) is 9.69. The fraction of sp³-hybridized carbons (Fsp3) is 0.611. The van der Waals surface area contributed by atoms with Gasteiger partial charge in [0, 0.05) is 32.7 Å². The largest absolute Gasteiger partial charge is 0.496 e. The maximum absolute atomic E-state index is 12.7. The second-order valence-corrected chi connectivity index (χ2v) is 10.6. The van der Waals surface area contributed by atoms with Gasteiger partial charge in [0.2, 0.25) is 20.0 Å². The van der Waals surface area contributed by atoms with E-state index >= 15 is 0 Å². The Morgan fingerprint density at radius 1 is 1.17 bits per heavy atom. The van der Waals surface area contributed by atoms with Gasteiger partial charge in [0.1, 0.15) is 5.75 Å². The van der Waals surface area contributed by atoms with E-state index in [1.165, 1.54) is 33.9 Å². The molecular weight excluding hydrogens is 434 g/mol. The third-order valence-corrected chi connectivity index (χ3v) is 8.69. The Morgan fingerprint density at radius 3 is 2.37 bits per heavy atom. The van der Waals surface area contributed by atoms with Crippen molar-refractivity contribution in [2.45, 2.75) is 18.7 Å². The fourth-order valence-corrected chi connectivity index (χ4v) is 5.89. The van der Waals surface area contributed by atoms with Crippen LogP contribution < -0.4 is 10.1 Å². The summed E-state index contributed by atoms with van der Waals surface area (Å²) in [6.45, 7) is 5.20. The van der Waals surface area contributed by atoms with Gasteiger partial charge in [0.05, 0.1) is 36.5 Å². The number of nitrogens with one attached hydrogen (secondary N) is 1. The Hall–Kier alpha value is -1.73. The Morgan fingerprint density at radius 2 is 1.80 bits per heavy atom. The highest BCUT2D eigenvalue weighted by Crippen LogP contribution is 2.24. The molecule has 0 spiro atoms. The van der Waals surface area contributed by atoms with E-state index in [9.17, 15) is 21.6 Å². The van der Waals surface area contributed by atoms with Crippen molar-refractivity contribution in [1.29, 1.82) is 0 Å². The van der Waals surface area contributed by atoms with E-state index in [1.807, 2.05) is 0 Å². The molecule has 0 unspecified atom stereocenters. The summed E-state index contributed by atoms with van der Waals surface area (Å²) in [5, 5.41) is 2.54. The highest BCUT2D eigenvalue weighted by molar-refractivity contribution is 7.89. The first-order valence-corrected chi connectivity index (χ1v) is 12.7. The lowest BCUT2D eigenvalue weighted by Gasteiger charge is -2.26. The van der Waals surface area contributed by atoms with Gasteiger partial charge < -0.3 is 14.8 Å². The molecule has 0 atom stereocenters. The van der Waals surface area contributed by atoms with Crippen LogP contribution in [0.25, 0.3) is 0 Å². The Kier molecular flexibility index (Phi) is 8.62. The van der Waals surface area contributed by atoms with E-state index < -0.39 is 26.0 Å². The molecule has 0 aromatic heterocycles. The summed E-state index contributed by atoms with van der Waals surface area (Å²) in [6, 6.07) is 4.04. The molecule has 1 fully saturated rings. The van der Waals surface area contributed by atoms with Crippen LogP contribution in [0.15, 0.2) is 23.1 Å². The van der Waals surface area contributed by atoms with E-state index in [4.69, 9.17) is 9.47 Å². The van der Waals surface area contributed by atoms with Crippen molar-refractivity contribution >= 4 is 26.0 Å². The number of sulfonamides is 2. The number of benzene rings is 1. The summed E-state index contributed by atoms with van der Waals surface area (Å²) in [7, 11) is -5.91. The van der Waals surface area contributed by atoms with Gasteiger partial charge in [-0.05, 0) is 18.2 Å². The van der Waals surface area contributed by atoms with Crippen LogP contribution >= 0.6 is 0 Å². The monoisotopic (exact) mass is 463 g/mol. The smallest absolute Gasteiger partial charge is 0.255 e. The summed E-state index contributed by atoms with van der Waals surface area (Å²) in [5.41, 5.74) is 0.0227. The summed E-state index contributed by atoms with van der Waals surface area (Å²) in [5.74, 6) is -0.680. The van der Waals surface area contributed by atoms with E-state index in [1.54, 1.807) is 13.8 Å². The maximum atomic E-state index is 12.7. The molecule has 0 radical (unpaired) electrons. The molecule has 10 nitrogen and oxygen atoms in total. The Balaban J connectivity index is 2.14. The third kappa shape index (κ3) is 5.70. The van der Waals surface area contributed by atoms with Gasteiger partial charge in [-0.3, -0.25) is 4.79 Å². The summed E-state index contributed by atoms with van der Waals surface area (Å²) >= 11 is 0. The Labute approximate surface area is 178 Å². The van der Waals surface area contributed by atoms with Gasteiger partial charge in [-0.15, -0.1) is 0 Å². The van der Waals surface area contributed by atoms with Crippen LogP contribution in [0.5, 0.6) is 5.75 Å². The zero-order valence-electron chi connectivity index (χ0n) is 17.5. The molecule has 0 aliphatic carbocycles. The molecule has 0 bridgehead atoms. The van der Waals surface area contributed by atoms with Crippen molar-refractivity contribution in [3.8, 4) is 5.75 Å². The minimum Gasteiger partial charge on any atom is -0.496 e. The first kappa shape index (κ1) is 24.5. The van der Waals surface area contributed by atoms with Gasteiger partial charge >= 0.3 is 0 Å². The maximum Gasteiger partial charge on any atom is 0.255 e. The lowest BCUT2D eigenvalue weighted by molar-refractivity contribution is 0.0730. The van der Waals surface area contributed by atoms with Crippen molar-refractivity contribution < 1.29 is 31.1 Å². The molecule has 1 aromatic rings. The van der Waals surface area contributed by atoms with Crippen LogP contribution in [0.3, 0.4) is 0 Å². The molecule has 1 aliphatic heterocycles. The van der Waals surface area contributed by atoms with E-state index in [2.05, 4.69) is 5.32 Å². The van der Waals surface area contributed by atoms with Gasteiger partial charge in [-0.25, -0.2) is 16.8 Å². The molecule has 1 N–H and O–H groups in total. The number of nitrogens with zero attached hydrogens (tertiary/aromatic N) is 2. The zero-order chi connectivity index (χ0) is 22.4. The number of methoxy groups -OCH3 is 1. The number of hydrogen-bond donors (Lipinski definition) is 1. The molecule has 12 heteroatoms. The Bertz CT molecular complexity index is 939. The number of carbonyl (C=O) groups excluding carboxylic acids is 1. The van der Waals surface area contributed by atoms with Gasteiger partial charge in [0.15, 0.2) is 0 Å². The molecule has 1 heterocycles. The normalized spacial score (nSPS) is 15.9. The van der Waals surface area contributed by atoms with Gasteiger partial charge in [-0.2, -0.15) is 8.61 Å². The number of hydrogen-bond acceptors (Lipinski definition) is 7. The SMILES string of the molecule is CCN(CC)S(=O)(=O)c1ccc(OC)c(C(=O)NCCS(=O)(=O)N2CCOCC2)c1. The van der Waals surface area contributed by atoms with Crippen LogP contribution in [0, 0.1) is 0 Å². The van der Waals surface area contributed by atoms with Crippen molar-refractivity contribution in [1.82, 2.24) is 13.9 Å². The number of ether oxygens (including phenoxy) is 2. The average molecular weight is 464 g/mol. The summed E-state index contributed by atoms with van der Waals surface area (Å²) in [6.07, 6.45) is 0. The van der Waals surface area contributed by atoms with Gasteiger partial charge in [0.25, 0.3) is 5.91 Å². The molecule has 1 saturated heterocycles. The van der Waals surface area contributed by atoms with Crippen molar-refractivity contribution in [3.05, 3.63) is 23.8 Å². The number of amides is 1. The predicted octanol–water partition coefficient (Wildman–Crippen LogP) is 0.118. The average Bonchev–Trinajstić information content (AvgIpc) is 2.74. The number of rotatable bonds is 10. The highest BCUT2D eigenvalue weighted by Gasteiger charge is 2.26. The van der Waals surface area contributed by atoms with E-state index in [-0.39, 0.29) is 41.6 Å². The fourth-order valence-electron chi connectivity index (χ4n) is 3.08. The molecular formula is C18H29N3O7S2. The number of carbonyl (C=O) groups is 1. The number of morpholine rings is 1. The van der Waals surface area contributed by atoms with Crippen LogP contribution in [-0.2, 0) is 24.8 Å². The second-order valence-electron chi connectivity index (χ2n) is 6.53. The molecule has 170 valence electrons. The molecule has 2 rings (SSSR count). The van der Waals surface area contributed by atoms with E-state index in [0.29, 0.717) is 26.3 Å². The highest BCUT2D eigenvalue weighted by atomic mass is 32.2. The van der Waals surface area contributed by atoms with E-state index in [0.717, 1.165) is 0 Å². The van der Waals surface area contributed by atoms with Crippen molar-refractivity contribution in [2.24, 2.45) is 0 Å². The zero-order valence-corrected chi connectivity index (χ0v) is 19.1. The topological polar surface area (TPSA) is 122 Å². The second kappa shape index (κ2) is 10.5. The first-order chi connectivity index (χ1) is 14.2. The lowest BCUT2D eigenvalue weighted by atomic mass is 10.2. The van der Waals surface area contributed by atoms with Crippen molar-refractivity contribution in [2.75, 3.05) is 58.8 Å². The summed E-state index contributed by atoms with van der Waals surface area (Å²) < 4.78 is 63.2. The van der Waals surface area contributed by atoms with Crippen LogP contribution in [0.2, 0.25) is 0 Å². The summed E-state index contributed by atoms with van der Waals surface area (Å²) in [4.78, 5) is 12.6. The third-order valence-electron chi connectivity index (χ3n) is 4.77. The van der Waals surface area contributed by atoms with Crippen LogP contribution in [0.4, 0.5) is 0 Å². The molecule has 1 amide bonds.